The Kier molecular flexibility index (Phi) is 5.31. The molecule has 128 valence electrons. The van der Waals surface area contributed by atoms with E-state index in [1.807, 2.05) is 36.4 Å². The average Bonchev–Trinajstić information content (AvgIpc) is 3.18. The van der Waals surface area contributed by atoms with Gasteiger partial charge in [0.25, 0.3) is 5.91 Å². The summed E-state index contributed by atoms with van der Waals surface area (Å²) in [5, 5.41) is 6.00. The fourth-order valence-electron chi connectivity index (χ4n) is 2.35. The molecule has 0 spiro atoms. The first kappa shape index (κ1) is 16.6. The van der Waals surface area contributed by atoms with Crippen molar-refractivity contribution in [3.8, 4) is 5.75 Å². The number of anilines is 1. The first-order chi connectivity index (χ1) is 12.3. The fraction of sp³-hybridized carbons (Fsp3) is 0.158. The molecule has 3 aromatic rings. The predicted octanol–water partition coefficient (Wildman–Crippen LogP) is 3.23. The van der Waals surface area contributed by atoms with Crippen LogP contribution in [0.25, 0.3) is 0 Å². The van der Waals surface area contributed by atoms with Crippen LogP contribution in [0.3, 0.4) is 0 Å². The molecule has 1 aromatic carbocycles. The van der Waals surface area contributed by atoms with Gasteiger partial charge in [-0.15, -0.1) is 0 Å². The molecular weight excluding hydrogens is 318 g/mol. The second-order valence-electron chi connectivity index (χ2n) is 5.36. The van der Waals surface area contributed by atoms with Crippen LogP contribution < -0.4 is 15.4 Å². The lowest BCUT2D eigenvalue weighted by Gasteiger charge is -2.10. The molecular formula is C19H19N3O3. The minimum Gasteiger partial charge on any atom is -0.496 e. The smallest absolute Gasteiger partial charge is 0.253 e. The molecule has 0 aliphatic rings. The van der Waals surface area contributed by atoms with E-state index in [-0.39, 0.29) is 5.91 Å². The first-order valence-corrected chi connectivity index (χ1v) is 7.88. The summed E-state index contributed by atoms with van der Waals surface area (Å²) in [4.78, 5) is 16.5. The molecule has 0 aliphatic heterocycles. The minimum atomic E-state index is -0.184. The average molecular weight is 337 g/mol. The Balaban J connectivity index is 1.55. The Morgan fingerprint density at radius 2 is 2.00 bits per heavy atom. The van der Waals surface area contributed by atoms with Gasteiger partial charge < -0.3 is 19.8 Å². The largest absolute Gasteiger partial charge is 0.496 e. The van der Waals surface area contributed by atoms with Gasteiger partial charge >= 0.3 is 0 Å². The Morgan fingerprint density at radius 3 is 2.72 bits per heavy atom. The summed E-state index contributed by atoms with van der Waals surface area (Å²) in [6, 6.07) is 14.8. The number of furan rings is 1. The molecule has 25 heavy (non-hydrogen) atoms. The van der Waals surface area contributed by atoms with E-state index >= 15 is 0 Å². The van der Waals surface area contributed by atoms with E-state index in [4.69, 9.17) is 9.15 Å². The Bertz CT molecular complexity index is 814. The van der Waals surface area contributed by atoms with Gasteiger partial charge in [-0.2, -0.15) is 0 Å². The molecule has 1 amide bonds. The number of carbonyl (C=O) groups excluding carboxylic acids is 1. The van der Waals surface area contributed by atoms with E-state index in [2.05, 4.69) is 15.6 Å². The van der Waals surface area contributed by atoms with Crippen molar-refractivity contribution in [3.05, 3.63) is 77.9 Å². The normalized spacial score (nSPS) is 10.3. The summed E-state index contributed by atoms with van der Waals surface area (Å²) in [6.07, 6.45) is 3.17. The van der Waals surface area contributed by atoms with E-state index in [1.54, 1.807) is 31.7 Å². The molecule has 3 rings (SSSR count). The van der Waals surface area contributed by atoms with Crippen LogP contribution in [-0.2, 0) is 13.1 Å². The van der Waals surface area contributed by atoms with Crippen LogP contribution >= 0.6 is 0 Å². The molecule has 0 bridgehead atoms. The zero-order valence-corrected chi connectivity index (χ0v) is 13.9. The van der Waals surface area contributed by atoms with Crippen molar-refractivity contribution < 1.29 is 13.9 Å². The molecule has 0 aliphatic carbocycles. The number of amides is 1. The molecule has 2 N–H and O–H groups in total. The number of hydrogen-bond acceptors (Lipinski definition) is 5. The summed E-state index contributed by atoms with van der Waals surface area (Å²) >= 11 is 0. The number of para-hydroxylation sites is 1. The molecule has 2 aromatic heterocycles. The second kappa shape index (κ2) is 8.01. The van der Waals surface area contributed by atoms with Crippen molar-refractivity contribution in [2.45, 2.75) is 13.1 Å². The van der Waals surface area contributed by atoms with Crippen LogP contribution in [0.5, 0.6) is 5.75 Å². The van der Waals surface area contributed by atoms with Crippen molar-refractivity contribution in [2.75, 3.05) is 12.4 Å². The van der Waals surface area contributed by atoms with Crippen LogP contribution in [0.4, 0.5) is 5.82 Å². The lowest BCUT2D eigenvalue weighted by molar-refractivity contribution is 0.0950. The molecule has 6 nitrogen and oxygen atoms in total. The summed E-state index contributed by atoms with van der Waals surface area (Å²) in [5.41, 5.74) is 1.42. The van der Waals surface area contributed by atoms with Gasteiger partial charge in [-0.25, -0.2) is 4.98 Å². The summed E-state index contributed by atoms with van der Waals surface area (Å²) in [7, 11) is 1.61. The van der Waals surface area contributed by atoms with Crippen LogP contribution in [0, 0.1) is 0 Å². The van der Waals surface area contributed by atoms with Gasteiger partial charge in [-0.1, -0.05) is 18.2 Å². The van der Waals surface area contributed by atoms with Crippen LogP contribution in [0.15, 0.2) is 65.4 Å². The topological polar surface area (TPSA) is 76.4 Å². The number of aromatic nitrogens is 1. The van der Waals surface area contributed by atoms with Gasteiger partial charge in [0.1, 0.15) is 17.3 Å². The van der Waals surface area contributed by atoms with Crippen molar-refractivity contribution in [1.29, 1.82) is 0 Å². The highest BCUT2D eigenvalue weighted by atomic mass is 16.5. The molecule has 2 heterocycles. The zero-order valence-electron chi connectivity index (χ0n) is 13.9. The lowest BCUT2D eigenvalue weighted by atomic mass is 10.2. The van der Waals surface area contributed by atoms with Gasteiger partial charge in [0.05, 0.1) is 25.5 Å². The Hall–Kier alpha value is -3.28. The molecule has 6 heteroatoms. The summed E-state index contributed by atoms with van der Waals surface area (Å²) in [5.74, 6) is 2.06. The van der Waals surface area contributed by atoms with E-state index in [9.17, 15) is 4.79 Å². The van der Waals surface area contributed by atoms with E-state index < -0.39 is 0 Å². The number of pyridine rings is 1. The van der Waals surface area contributed by atoms with Gasteiger partial charge in [-0.05, 0) is 30.3 Å². The highest BCUT2D eigenvalue weighted by Gasteiger charge is 2.08. The number of ether oxygens (including phenoxy) is 1. The van der Waals surface area contributed by atoms with Gasteiger partial charge in [0.2, 0.25) is 0 Å². The van der Waals surface area contributed by atoms with Gasteiger partial charge in [0, 0.05) is 18.3 Å². The third-order valence-corrected chi connectivity index (χ3v) is 3.68. The Labute approximate surface area is 145 Å². The van der Waals surface area contributed by atoms with Crippen molar-refractivity contribution >= 4 is 11.7 Å². The first-order valence-electron chi connectivity index (χ1n) is 7.88. The third kappa shape index (κ3) is 4.38. The maximum absolute atomic E-state index is 12.2. The molecule has 0 unspecified atom stereocenters. The molecule has 0 atom stereocenters. The summed E-state index contributed by atoms with van der Waals surface area (Å²) < 4.78 is 10.5. The number of hydrogen-bond donors (Lipinski definition) is 2. The zero-order chi connectivity index (χ0) is 17.5. The quantitative estimate of drug-likeness (QED) is 0.692. The second-order valence-corrected chi connectivity index (χ2v) is 5.36. The molecule has 0 saturated carbocycles. The Morgan fingerprint density at radius 1 is 1.12 bits per heavy atom. The van der Waals surface area contributed by atoms with Crippen molar-refractivity contribution in [3.63, 3.8) is 0 Å². The third-order valence-electron chi connectivity index (χ3n) is 3.68. The monoisotopic (exact) mass is 337 g/mol. The van der Waals surface area contributed by atoms with Gasteiger partial charge in [0.15, 0.2) is 0 Å². The minimum absolute atomic E-state index is 0.184. The molecule has 0 saturated heterocycles. The SMILES string of the molecule is COc1ccccc1CNC(=O)c1ccc(NCc2ccco2)nc1. The van der Waals surface area contributed by atoms with Crippen LogP contribution in [0.2, 0.25) is 0 Å². The number of benzene rings is 1. The fourth-order valence-corrected chi connectivity index (χ4v) is 2.35. The maximum Gasteiger partial charge on any atom is 0.253 e. The standard InChI is InChI=1S/C19H19N3O3/c1-24-17-7-3-2-5-14(17)11-22-19(23)15-8-9-18(20-12-15)21-13-16-6-4-10-25-16/h2-10,12H,11,13H2,1H3,(H,20,21)(H,22,23). The van der Waals surface area contributed by atoms with Crippen LogP contribution in [-0.4, -0.2) is 18.0 Å². The number of carbonyl (C=O) groups is 1. The van der Waals surface area contributed by atoms with Gasteiger partial charge in [-0.3, -0.25) is 4.79 Å². The number of nitrogens with one attached hydrogen (secondary N) is 2. The lowest BCUT2D eigenvalue weighted by Crippen LogP contribution is -2.23. The predicted molar refractivity (Wildman–Crippen MR) is 94.4 cm³/mol. The highest BCUT2D eigenvalue weighted by molar-refractivity contribution is 5.94. The van der Waals surface area contributed by atoms with E-state index in [0.29, 0.717) is 24.5 Å². The number of methoxy groups -OCH3 is 1. The number of rotatable bonds is 7. The van der Waals surface area contributed by atoms with E-state index in [1.165, 1.54) is 0 Å². The maximum atomic E-state index is 12.2. The highest BCUT2D eigenvalue weighted by Crippen LogP contribution is 2.17. The van der Waals surface area contributed by atoms with Crippen molar-refractivity contribution in [2.24, 2.45) is 0 Å². The molecule has 0 fully saturated rings. The summed E-state index contributed by atoms with van der Waals surface area (Å²) in [6.45, 7) is 0.931. The van der Waals surface area contributed by atoms with E-state index in [0.717, 1.165) is 17.1 Å². The van der Waals surface area contributed by atoms with Crippen LogP contribution in [0.1, 0.15) is 21.7 Å². The van der Waals surface area contributed by atoms with Crippen molar-refractivity contribution in [1.82, 2.24) is 10.3 Å². The number of nitrogens with zero attached hydrogens (tertiary/aromatic N) is 1. The molecule has 0 radical (unpaired) electrons.